The van der Waals surface area contributed by atoms with Gasteiger partial charge >= 0.3 is 0 Å². The van der Waals surface area contributed by atoms with Crippen LogP contribution in [0.3, 0.4) is 0 Å². The molecule has 0 aliphatic carbocycles. The Morgan fingerprint density at radius 1 is 0.903 bits per heavy atom. The van der Waals surface area contributed by atoms with Crippen LogP contribution >= 0.6 is 0 Å². The minimum atomic E-state index is -0.483. The molecule has 154 valence electrons. The van der Waals surface area contributed by atoms with Crippen molar-refractivity contribution in [2.24, 2.45) is 0 Å². The molecule has 0 atom stereocenters. The number of anilines is 1. The number of carbonyl (C=O) groups is 2. The molecule has 0 aromatic heterocycles. The number of nitrogens with zero attached hydrogens (tertiary/aromatic N) is 1. The van der Waals surface area contributed by atoms with Gasteiger partial charge in [0.1, 0.15) is 17.4 Å². The highest BCUT2D eigenvalue weighted by atomic mass is 16.5. The van der Waals surface area contributed by atoms with Gasteiger partial charge in [0.2, 0.25) is 0 Å². The lowest BCUT2D eigenvalue weighted by atomic mass is 10.1. The topological polar surface area (TPSA) is 91.2 Å². The standard InChI is InChI=1S/C25H21N3O3/c26-16-21(25(30)27-17-19-9-3-1-4-10-19)15-20-11-7-8-14-23(20)31-18-24(29)28-22-12-5-2-6-13-22/h1-15H,17-18H2,(H,27,30)(H,28,29)/b21-15+. The first kappa shape index (κ1) is 21.3. The zero-order valence-corrected chi connectivity index (χ0v) is 16.7. The molecule has 0 unspecified atom stereocenters. The lowest BCUT2D eigenvalue weighted by molar-refractivity contribution is -0.118. The minimum Gasteiger partial charge on any atom is -0.483 e. The smallest absolute Gasteiger partial charge is 0.262 e. The van der Waals surface area contributed by atoms with Crippen LogP contribution in [-0.4, -0.2) is 18.4 Å². The van der Waals surface area contributed by atoms with E-state index in [0.717, 1.165) is 5.56 Å². The maximum Gasteiger partial charge on any atom is 0.262 e. The van der Waals surface area contributed by atoms with Gasteiger partial charge in [0.05, 0.1) is 0 Å². The summed E-state index contributed by atoms with van der Waals surface area (Å²) in [6.45, 7) is 0.109. The van der Waals surface area contributed by atoms with Crippen LogP contribution in [0.5, 0.6) is 5.75 Å². The average molecular weight is 411 g/mol. The van der Waals surface area contributed by atoms with Gasteiger partial charge < -0.3 is 15.4 Å². The van der Waals surface area contributed by atoms with Crippen molar-refractivity contribution < 1.29 is 14.3 Å². The maximum atomic E-state index is 12.4. The third kappa shape index (κ3) is 6.58. The van der Waals surface area contributed by atoms with Crippen LogP contribution in [0.25, 0.3) is 6.08 Å². The zero-order valence-electron chi connectivity index (χ0n) is 16.7. The van der Waals surface area contributed by atoms with E-state index in [2.05, 4.69) is 10.6 Å². The number of carbonyl (C=O) groups excluding carboxylic acids is 2. The molecule has 2 amide bonds. The van der Waals surface area contributed by atoms with Gasteiger partial charge in [0.25, 0.3) is 11.8 Å². The highest BCUT2D eigenvalue weighted by molar-refractivity contribution is 6.02. The Hall–Kier alpha value is -4.37. The molecule has 0 bridgehead atoms. The summed E-state index contributed by atoms with van der Waals surface area (Å²) < 4.78 is 5.63. The van der Waals surface area contributed by atoms with Crippen LogP contribution in [0.15, 0.2) is 90.5 Å². The molecule has 0 fully saturated rings. The lowest BCUT2D eigenvalue weighted by Gasteiger charge is -2.10. The third-order valence-electron chi connectivity index (χ3n) is 4.30. The summed E-state index contributed by atoms with van der Waals surface area (Å²) >= 11 is 0. The van der Waals surface area contributed by atoms with E-state index in [1.165, 1.54) is 6.08 Å². The molecule has 3 aromatic carbocycles. The molecule has 0 aliphatic heterocycles. The van der Waals surface area contributed by atoms with E-state index in [0.29, 0.717) is 23.5 Å². The number of para-hydroxylation sites is 2. The number of hydrogen-bond acceptors (Lipinski definition) is 4. The van der Waals surface area contributed by atoms with Crippen molar-refractivity contribution in [1.29, 1.82) is 5.26 Å². The molecule has 0 heterocycles. The number of nitrogens with one attached hydrogen (secondary N) is 2. The monoisotopic (exact) mass is 411 g/mol. The van der Waals surface area contributed by atoms with Crippen molar-refractivity contribution in [1.82, 2.24) is 5.32 Å². The fourth-order valence-corrected chi connectivity index (χ4v) is 2.77. The van der Waals surface area contributed by atoms with Crippen LogP contribution in [-0.2, 0) is 16.1 Å². The molecule has 0 saturated heterocycles. The predicted molar refractivity (Wildman–Crippen MR) is 119 cm³/mol. The van der Waals surface area contributed by atoms with E-state index in [-0.39, 0.29) is 18.1 Å². The average Bonchev–Trinajstić information content (AvgIpc) is 2.81. The van der Waals surface area contributed by atoms with Gasteiger partial charge in [0, 0.05) is 17.8 Å². The van der Waals surface area contributed by atoms with Gasteiger partial charge in [0.15, 0.2) is 6.61 Å². The molecule has 3 aromatic rings. The minimum absolute atomic E-state index is 0.0549. The van der Waals surface area contributed by atoms with Gasteiger partial charge in [-0.15, -0.1) is 0 Å². The molecule has 0 aliphatic rings. The van der Waals surface area contributed by atoms with Crippen molar-refractivity contribution in [3.8, 4) is 11.8 Å². The SMILES string of the molecule is N#C/C(=C\c1ccccc1OCC(=O)Nc1ccccc1)C(=O)NCc1ccccc1. The predicted octanol–water partition coefficient (Wildman–Crippen LogP) is 3.93. The Morgan fingerprint density at radius 3 is 2.26 bits per heavy atom. The number of ether oxygens (including phenoxy) is 1. The highest BCUT2D eigenvalue weighted by Crippen LogP contribution is 2.21. The summed E-state index contributed by atoms with van der Waals surface area (Å²) in [5.41, 5.74) is 2.08. The van der Waals surface area contributed by atoms with Crippen LogP contribution in [0, 0.1) is 11.3 Å². The Labute approximate surface area is 180 Å². The van der Waals surface area contributed by atoms with Gasteiger partial charge in [-0.25, -0.2) is 0 Å². The Balaban J connectivity index is 1.64. The van der Waals surface area contributed by atoms with E-state index in [4.69, 9.17) is 4.74 Å². The zero-order chi connectivity index (χ0) is 21.9. The molecule has 3 rings (SSSR count). The quantitative estimate of drug-likeness (QED) is 0.434. The van der Waals surface area contributed by atoms with Crippen molar-refractivity contribution in [2.75, 3.05) is 11.9 Å². The van der Waals surface area contributed by atoms with E-state index < -0.39 is 5.91 Å². The number of benzene rings is 3. The van der Waals surface area contributed by atoms with E-state index in [1.807, 2.05) is 54.6 Å². The second kappa shape index (κ2) is 11.0. The number of amides is 2. The summed E-state index contributed by atoms with van der Waals surface area (Å²) in [7, 11) is 0. The fraction of sp³-hybridized carbons (Fsp3) is 0.0800. The summed E-state index contributed by atoms with van der Waals surface area (Å²) in [4.78, 5) is 24.6. The maximum absolute atomic E-state index is 12.4. The number of nitriles is 1. The number of hydrogen-bond donors (Lipinski definition) is 2. The Morgan fingerprint density at radius 2 is 1.55 bits per heavy atom. The Kier molecular flexibility index (Phi) is 7.56. The lowest BCUT2D eigenvalue weighted by Crippen LogP contribution is -2.24. The summed E-state index contributed by atoms with van der Waals surface area (Å²) in [6, 6.07) is 27.3. The van der Waals surface area contributed by atoms with Crippen LogP contribution in [0.2, 0.25) is 0 Å². The van der Waals surface area contributed by atoms with Crippen molar-refractivity contribution in [3.63, 3.8) is 0 Å². The summed E-state index contributed by atoms with van der Waals surface area (Å²) in [5.74, 6) is -0.400. The van der Waals surface area contributed by atoms with E-state index in [1.54, 1.807) is 36.4 Å². The second-order valence-electron chi connectivity index (χ2n) is 6.58. The molecule has 2 N–H and O–H groups in total. The normalized spacial score (nSPS) is 10.6. The highest BCUT2D eigenvalue weighted by Gasteiger charge is 2.11. The first-order valence-electron chi connectivity index (χ1n) is 9.66. The molecule has 0 radical (unpaired) electrons. The van der Waals surface area contributed by atoms with Gasteiger partial charge in [-0.05, 0) is 29.8 Å². The van der Waals surface area contributed by atoms with E-state index >= 15 is 0 Å². The summed E-state index contributed by atoms with van der Waals surface area (Å²) in [6.07, 6.45) is 1.45. The van der Waals surface area contributed by atoms with Crippen LogP contribution in [0.1, 0.15) is 11.1 Å². The first-order chi connectivity index (χ1) is 15.2. The Bertz CT molecular complexity index is 1100. The van der Waals surface area contributed by atoms with Gasteiger partial charge in [-0.2, -0.15) is 5.26 Å². The van der Waals surface area contributed by atoms with Crippen LogP contribution in [0.4, 0.5) is 5.69 Å². The summed E-state index contributed by atoms with van der Waals surface area (Å²) in [5, 5.41) is 14.9. The molecule has 6 nitrogen and oxygen atoms in total. The second-order valence-corrected chi connectivity index (χ2v) is 6.58. The molecule has 0 saturated carbocycles. The van der Waals surface area contributed by atoms with Crippen molar-refractivity contribution in [3.05, 3.63) is 102 Å². The molecular weight excluding hydrogens is 390 g/mol. The first-order valence-corrected chi connectivity index (χ1v) is 9.66. The molecule has 6 heteroatoms. The number of rotatable bonds is 8. The van der Waals surface area contributed by atoms with Crippen molar-refractivity contribution >= 4 is 23.6 Å². The third-order valence-corrected chi connectivity index (χ3v) is 4.30. The largest absolute Gasteiger partial charge is 0.483 e. The van der Waals surface area contributed by atoms with Gasteiger partial charge in [-0.3, -0.25) is 9.59 Å². The van der Waals surface area contributed by atoms with Crippen LogP contribution < -0.4 is 15.4 Å². The molecular formula is C25H21N3O3. The van der Waals surface area contributed by atoms with Gasteiger partial charge in [-0.1, -0.05) is 66.7 Å². The molecule has 31 heavy (non-hydrogen) atoms. The fourth-order valence-electron chi connectivity index (χ4n) is 2.77. The molecule has 0 spiro atoms. The van der Waals surface area contributed by atoms with E-state index in [9.17, 15) is 14.9 Å². The van der Waals surface area contributed by atoms with Crippen molar-refractivity contribution in [2.45, 2.75) is 6.54 Å².